The van der Waals surface area contributed by atoms with E-state index in [0.29, 0.717) is 30.4 Å². The number of carbonyl (C=O) groups excluding carboxylic acids is 3. The first-order chi connectivity index (χ1) is 15.7. The van der Waals surface area contributed by atoms with Gasteiger partial charge in [0.05, 0.1) is 12.3 Å². The number of nitrogens with one attached hydrogen (secondary N) is 1. The molecule has 4 rings (SSSR count). The number of hydrogen-bond donors (Lipinski definition) is 1. The quantitative estimate of drug-likeness (QED) is 0.552. The molecule has 2 aromatic rings. The number of fused-ring (bicyclic) bond motifs is 1. The fourth-order valence-corrected chi connectivity index (χ4v) is 4.91. The smallest absolute Gasteiger partial charge is 0.325 e. The second-order valence-electron chi connectivity index (χ2n) is 7.73. The lowest BCUT2D eigenvalue weighted by Crippen LogP contribution is -2.43. The zero-order valence-electron chi connectivity index (χ0n) is 17.9. The minimum Gasteiger partial charge on any atom is -0.486 e. The largest absolute Gasteiger partial charge is 0.486 e. The number of anilines is 1. The van der Waals surface area contributed by atoms with Crippen molar-refractivity contribution in [2.24, 2.45) is 0 Å². The number of carbonyl (C=O) groups is 3. The summed E-state index contributed by atoms with van der Waals surface area (Å²) in [6.45, 7) is 0.612. The van der Waals surface area contributed by atoms with Gasteiger partial charge in [0.15, 0.2) is 11.5 Å². The van der Waals surface area contributed by atoms with Crippen LogP contribution in [0.2, 0.25) is 0 Å². The van der Waals surface area contributed by atoms with Gasteiger partial charge in [0.2, 0.25) is 5.91 Å². The Bertz CT molecular complexity index is 1160. The topological polar surface area (TPSA) is 122 Å². The predicted octanol–water partition coefficient (Wildman–Crippen LogP) is 1.41. The highest BCUT2D eigenvalue weighted by Crippen LogP contribution is 2.35. The summed E-state index contributed by atoms with van der Waals surface area (Å²) < 4.78 is 34.0. The van der Waals surface area contributed by atoms with E-state index in [4.69, 9.17) is 9.47 Å². The van der Waals surface area contributed by atoms with E-state index >= 15 is 0 Å². The van der Waals surface area contributed by atoms with Crippen LogP contribution in [0, 0.1) is 0 Å². The van der Waals surface area contributed by atoms with Crippen LogP contribution < -0.4 is 19.7 Å². The molecule has 176 valence electrons. The van der Waals surface area contributed by atoms with Gasteiger partial charge in [-0.25, -0.2) is 13.2 Å². The van der Waals surface area contributed by atoms with E-state index in [1.54, 1.807) is 18.2 Å². The maximum Gasteiger partial charge on any atom is 0.325 e. The number of hydrogen-bond acceptors (Lipinski definition) is 8. The lowest BCUT2D eigenvalue weighted by atomic mass is 10.2. The van der Waals surface area contributed by atoms with Crippen LogP contribution in [0.5, 0.6) is 11.5 Å². The Hall–Kier alpha value is -3.12. The van der Waals surface area contributed by atoms with Crippen LogP contribution in [-0.2, 0) is 26.0 Å². The van der Waals surface area contributed by atoms with Crippen LogP contribution in [0.15, 0.2) is 35.7 Å². The molecule has 3 heterocycles. The molecule has 1 aromatic heterocycles. The van der Waals surface area contributed by atoms with Gasteiger partial charge in [0.25, 0.3) is 5.91 Å². The number of urea groups is 1. The zero-order valence-corrected chi connectivity index (χ0v) is 19.5. The summed E-state index contributed by atoms with van der Waals surface area (Å²) in [6, 6.07) is 7.20. The second kappa shape index (κ2) is 9.40. The van der Waals surface area contributed by atoms with Crippen molar-refractivity contribution in [1.82, 2.24) is 10.2 Å². The summed E-state index contributed by atoms with van der Waals surface area (Å²) in [5.41, 5.74) is 0.540. The number of nitrogens with zero attached hydrogens (tertiary/aromatic N) is 2. The first-order valence-corrected chi connectivity index (χ1v) is 13.2. The molecule has 1 saturated heterocycles. The Labute approximate surface area is 195 Å². The van der Waals surface area contributed by atoms with Crippen molar-refractivity contribution in [3.63, 3.8) is 0 Å². The molecule has 0 saturated carbocycles. The predicted molar refractivity (Wildman–Crippen MR) is 121 cm³/mol. The molecular weight excluding hydrogens is 470 g/mol. The van der Waals surface area contributed by atoms with E-state index in [1.165, 1.54) is 16.2 Å². The monoisotopic (exact) mass is 493 g/mol. The molecule has 2 aliphatic heterocycles. The molecule has 1 atom stereocenters. The van der Waals surface area contributed by atoms with Crippen molar-refractivity contribution in [3.05, 3.63) is 40.6 Å². The summed E-state index contributed by atoms with van der Waals surface area (Å²) in [7, 11) is -3.30. The van der Waals surface area contributed by atoms with Crippen LogP contribution in [-0.4, -0.2) is 69.0 Å². The average Bonchev–Trinajstić information content (AvgIpc) is 3.38. The first-order valence-electron chi connectivity index (χ1n) is 10.2. The highest BCUT2D eigenvalue weighted by atomic mass is 32.2. The molecule has 2 aliphatic rings. The summed E-state index contributed by atoms with van der Waals surface area (Å²) in [4.78, 5) is 41.6. The number of ether oxygens (including phenoxy) is 2. The molecule has 0 aliphatic carbocycles. The SMILES string of the molecule is CS(=O)(=O)CCC1NC(=O)N(CC(=O)N(Cc2cccs2)c2ccc3c(c2)OCCO3)C1=O. The number of rotatable bonds is 8. The zero-order chi connectivity index (χ0) is 23.6. The Kier molecular flexibility index (Phi) is 6.56. The standard InChI is InChI=1S/C21H23N3O7S2/c1-33(28,29)10-6-16-20(26)24(21(27)22-16)13-19(25)23(12-15-3-2-9-32-15)14-4-5-17-18(11-14)31-8-7-30-17/h2-5,9,11,16H,6-8,10,12-13H2,1H3,(H,22,27). The highest BCUT2D eigenvalue weighted by molar-refractivity contribution is 7.90. The molecule has 1 N–H and O–H groups in total. The lowest BCUT2D eigenvalue weighted by Gasteiger charge is -2.26. The van der Waals surface area contributed by atoms with Crippen molar-refractivity contribution in [2.45, 2.75) is 19.0 Å². The van der Waals surface area contributed by atoms with Crippen LogP contribution in [0.4, 0.5) is 10.5 Å². The second-order valence-corrected chi connectivity index (χ2v) is 11.0. The molecule has 0 radical (unpaired) electrons. The van der Waals surface area contributed by atoms with Gasteiger partial charge in [-0.1, -0.05) is 6.07 Å². The molecule has 12 heteroatoms. The molecule has 0 spiro atoms. The van der Waals surface area contributed by atoms with Crippen molar-refractivity contribution in [3.8, 4) is 11.5 Å². The average molecular weight is 494 g/mol. The number of imide groups is 1. The fraction of sp³-hybridized carbons (Fsp3) is 0.381. The molecule has 1 aromatic carbocycles. The molecule has 4 amide bonds. The van der Waals surface area contributed by atoms with E-state index in [1.807, 2.05) is 17.5 Å². The van der Waals surface area contributed by atoms with E-state index < -0.39 is 40.3 Å². The lowest BCUT2D eigenvalue weighted by molar-refractivity contribution is -0.131. The van der Waals surface area contributed by atoms with Gasteiger partial charge in [-0.05, 0) is 30.0 Å². The van der Waals surface area contributed by atoms with Crippen molar-refractivity contribution >= 4 is 44.7 Å². The maximum absolute atomic E-state index is 13.3. The van der Waals surface area contributed by atoms with Gasteiger partial charge in [-0.3, -0.25) is 14.5 Å². The van der Waals surface area contributed by atoms with E-state index in [9.17, 15) is 22.8 Å². The van der Waals surface area contributed by atoms with Crippen LogP contribution in [0.3, 0.4) is 0 Å². The summed E-state index contributed by atoms with van der Waals surface area (Å²) >= 11 is 1.48. The molecule has 33 heavy (non-hydrogen) atoms. The Morgan fingerprint density at radius 2 is 1.97 bits per heavy atom. The number of benzene rings is 1. The Morgan fingerprint density at radius 1 is 1.21 bits per heavy atom. The van der Waals surface area contributed by atoms with E-state index in [2.05, 4.69) is 5.32 Å². The van der Waals surface area contributed by atoms with E-state index in [-0.39, 0.29) is 18.7 Å². The normalized spacial score (nSPS) is 17.7. The fourth-order valence-electron chi connectivity index (χ4n) is 3.56. The summed E-state index contributed by atoms with van der Waals surface area (Å²) in [5.74, 6) is -0.231. The number of thiophene rings is 1. The minimum absolute atomic E-state index is 0.0465. The number of amides is 4. The minimum atomic E-state index is -3.30. The van der Waals surface area contributed by atoms with Gasteiger partial charge >= 0.3 is 6.03 Å². The molecule has 0 bridgehead atoms. The third-order valence-corrected chi connectivity index (χ3v) is 7.05. The molecule has 1 unspecified atom stereocenters. The summed E-state index contributed by atoms with van der Waals surface area (Å²) in [6.07, 6.45) is 1.01. The number of sulfone groups is 1. The van der Waals surface area contributed by atoms with Gasteiger partial charge in [-0.2, -0.15) is 0 Å². The van der Waals surface area contributed by atoms with E-state index in [0.717, 1.165) is 16.0 Å². The van der Waals surface area contributed by atoms with Gasteiger partial charge in [0, 0.05) is 22.9 Å². The third-order valence-electron chi connectivity index (χ3n) is 5.21. The van der Waals surface area contributed by atoms with Gasteiger partial charge in [-0.15, -0.1) is 11.3 Å². The highest BCUT2D eigenvalue weighted by Gasteiger charge is 2.40. The molecule has 10 nitrogen and oxygen atoms in total. The summed E-state index contributed by atoms with van der Waals surface area (Å²) in [5, 5.41) is 4.36. The Morgan fingerprint density at radius 3 is 2.67 bits per heavy atom. The third kappa shape index (κ3) is 5.45. The van der Waals surface area contributed by atoms with Crippen LogP contribution in [0.25, 0.3) is 0 Å². The molecule has 1 fully saturated rings. The van der Waals surface area contributed by atoms with Gasteiger partial charge < -0.3 is 19.7 Å². The van der Waals surface area contributed by atoms with Crippen molar-refractivity contribution in [1.29, 1.82) is 0 Å². The van der Waals surface area contributed by atoms with Crippen molar-refractivity contribution in [2.75, 3.05) is 36.7 Å². The van der Waals surface area contributed by atoms with Crippen molar-refractivity contribution < 1.29 is 32.3 Å². The Balaban J connectivity index is 1.53. The molecular formula is C21H23N3O7S2. The maximum atomic E-state index is 13.3. The van der Waals surface area contributed by atoms with Crippen LogP contribution in [0.1, 0.15) is 11.3 Å². The van der Waals surface area contributed by atoms with Gasteiger partial charge in [0.1, 0.15) is 35.6 Å². The van der Waals surface area contributed by atoms with Crippen LogP contribution >= 0.6 is 11.3 Å². The first kappa shape index (κ1) is 23.1.